The molecule has 0 aliphatic rings. The molecule has 0 aromatic heterocycles. The smallest absolute Gasteiger partial charge is 0.323 e. The zero-order valence-corrected chi connectivity index (χ0v) is 7.33. The van der Waals surface area contributed by atoms with E-state index < -0.39 is 5.97 Å². The van der Waals surface area contributed by atoms with Crippen molar-refractivity contribution in [3.05, 3.63) is 0 Å². The maximum atomic E-state index is 10.1. The van der Waals surface area contributed by atoms with Crippen LogP contribution in [0.25, 0.3) is 0 Å². The average molecular weight is 257 g/mol. The van der Waals surface area contributed by atoms with Crippen LogP contribution in [0.3, 0.4) is 0 Å². The van der Waals surface area contributed by atoms with Crippen molar-refractivity contribution in [1.82, 2.24) is 4.90 Å². The second kappa shape index (κ2) is 4.31. The zero-order chi connectivity index (χ0) is 8.15. The van der Waals surface area contributed by atoms with Crippen molar-refractivity contribution >= 4 is 34.5 Å². The first-order valence-electron chi connectivity index (χ1n) is 2.44. The molecular formula is C4H8IN3O2. The van der Waals surface area contributed by atoms with E-state index in [-0.39, 0.29) is 12.5 Å². The summed E-state index contributed by atoms with van der Waals surface area (Å²) in [5.74, 6) is -1.19. The molecule has 5 nitrogen and oxygen atoms in total. The fraction of sp³-hybridized carbons (Fsp3) is 0.500. The number of aliphatic carboxylic acids is 1. The molecule has 6 heteroatoms. The van der Waals surface area contributed by atoms with Crippen LogP contribution in [0.2, 0.25) is 0 Å². The highest BCUT2D eigenvalue weighted by Crippen LogP contribution is 1.91. The van der Waals surface area contributed by atoms with E-state index in [9.17, 15) is 4.79 Å². The lowest BCUT2D eigenvalue weighted by Crippen LogP contribution is -2.38. The van der Waals surface area contributed by atoms with E-state index in [2.05, 4.69) is 0 Å². The number of carbonyl (C=O) groups is 1. The van der Waals surface area contributed by atoms with Crippen molar-refractivity contribution in [2.24, 2.45) is 5.73 Å². The second-order valence-electron chi connectivity index (χ2n) is 1.60. The fourth-order valence-electron chi connectivity index (χ4n) is 0.355. The van der Waals surface area contributed by atoms with E-state index in [0.29, 0.717) is 4.55 Å². The van der Waals surface area contributed by atoms with Crippen molar-refractivity contribution in [3.8, 4) is 0 Å². The largest absolute Gasteiger partial charge is 0.480 e. The first-order valence-corrected chi connectivity index (χ1v) is 3.97. The summed E-state index contributed by atoms with van der Waals surface area (Å²) in [5.41, 5.74) is 5.04. The Kier molecular flexibility index (Phi) is 4.08. The average Bonchev–Trinajstić information content (AvgIpc) is 1.81. The van der Waals surface area contributed by atoms with E-state index in [0.717, 1.165) is 0 Å². The normalized spacial score (nSPS) is 8.90. The second-order valence-corrected chi connectivity index (χ2v) is 2.28. The summed E-state index contributed by atoms with van der Waals surface area (Å²) < 4.78 is 0.416. The summed E-state index contributed by atoms with van der Waals surface area (Å²) in [6, 6.07) is 0. The van der Waals surface area contributed by atoms with Gasteiger partial charge in [0.05, 0.1) is 4.55 Å². The number of nitrogens with zero attached hydrogens (tertiary/aromatic N) is 1. The molecule has 0 aromatic carbocycles. The van der Waals surface area contributed by atoms with E-state index in [1.54, 1.807) is 0 Å². The van der Waals surface area contributed by atoms with Crippen LogP contribution in [0.15, 0.2) is 0 Å². The molecule has 10 heavy (non-hydrogen) atoms. The Bertz CT molecular complexity index is 149. The molecule has 0 atom stereocenters. The van der Waals surface area contributed by atoms with Gasteiger partial charge in [0, 0.05) is 0 Å². The van der Waals surface area contributed by atoms with Crippen LogP contribution in [0, 0.1) is 5.41 Å². The van der Waals surface area contributed by atoms with Crippen molar-refractivity contribution in [2.45, 2.75) is 0 Å². The maximum Gasteiger partial charge on any atom is 0.323 e. The predicted octanol–water partition coefficient (Wildman–Crippen LogP) is -0.341. The Morgan fingerprint density at radius 1 is 1.80 bits per heavy atom. The Hall–Kier alpha value is -0.530. The predicted molar refractivity (Wildman–Crippen MR) is 45.1 cm³/mol. The molecule has 4 N–H and O–H groups in total. The van der Waals surface area contributed by atoms with Crippen LogP contribution < -0.4 is 5.73 Å². The van der Waals surface area contributed by atoms with Crippen LogP contribution >= 0.6 is 22.6 Å². The van der Waals surface area contributed by atoms with Gasteiger partial charge in [-0.1, -0.05) is 22.6 Å². The summed E-state index contributed by atoms with van der Waals surface area (Å²) in [6.45, 7) is -0.210. The molecule has 0 saturated carbocycles. The molecule has 0 aliphatic carbocycles. The molecule has 0 aromatic rings. The van der Waals surface area contributed by atoms with Gasteiger partial charge in [-0.05, 0) is 0 Å². The van der Waals surface area contributed by atoms with E-state index in [4.69, 9.17) is 16.2 Å². The molecule has 0 radical (unpaired) electrons. The molecule has 0 saturated heterocycles. The van der Waals surface area contributed by atoms with Gasteiger partial charge in [0.1, 0.15) is 6.54 Å². The highest BCUT2D eigenvalue weighted by Gasteiger charge is 2.07. The molecule has 0 heterocycles. The molecule has 0 aliphatic heterocycles. The highest BCUT2D eigenvalue weighted by atomic mass is 127. The summed E-state index contributed by atoms with van der Waals surface area (Å²) in [4.78, 5) is 11.3. The molecule has 0 fully saturated rings. The minimum absolute atomic E-state index is 0.210. The van der Waals surface area contributed by atoms with Crippen molar-refractivity contribution < 1.29 is 9.90 Å². The number of alkyl halides is 1. The monoisotopic (exact) mass is 257 g/mol. The number of hydrogen-bond acceptors (Lipinski definition) is 2. The summed E-state index contributed by atoms with van der Waals surface area (Å²) in [5, 5.41) is 15.1. The fourth-order valence-corrected chi connectivity index (χ4v) is 0.964. The van der Waals surface area contributed by atoms with Crippen molar-refractivity contribution in [2.75, 3.05) is 11.1 Å². The van der Waals surface area contributed by atoms with Gasteiger partial charge in [-0.25, -0.2) is 0 Å². The summed E-state index contributed by atoms with van der Waals surface area (Å²) in [7, 11) is 0. The minimum Gasteiger partial charge on any atom is -0.480 e. The van der Waals surface area contributed by atoms with Crippen molar-refractivity contribution in [1.29, 1.82) is 5.41 Å². The van der Waals surface area contributed by atoms with Crippen LogP contribution in [0.1, 0.15) is 0 Å². The standard InChI is InChI=1S/C4H8IN3O2/c5-2-8(4(6)7)1-3(9)10/h1-2H2,(H3,6,7)(H,9,10). The van der Waals surface area contributed by atoms with Crippen LogP contribution in [-0.4, -0.2) is 33.0 Å². The lowest BCUT2D eigenvalue weighted by Gasteiger charge is -2.15. The third-order valence-corrected chi connectivity index (χ3v) is 1.63. The Balaban J connectivity index is 3.83. The highest BCUT2D eigenvalue weighted by molar-refractivity contribution is 14.1. The quantitative estimate of drug-likeness (QED) is 0.212. The Labute approximate surface area is 71.8 Å². The number of carboxylic acid groups (broad SMARTS) is 1. The zero-order valence-electron chi connectivity index (χ0n) is 5.17. The summed E-state index contributed by atoms with van der Waals surface area (Å²) >= 11 is 1.94. The number of nitrogens with two attached hydrogens (primary N) is 1. The van der Waals surface area contributed by atoms with Gasteiger partial charge in [-0.2, -0.15) is 0 Å². The third-order valence-electron chi connectivity index (χ3n) is 0.811. The van der Waals surface area contributed by atoms with E-state index in [1.807, 2.05) is 22.6 Å². The first-order chi connectivity index (χ1) is 4.57. The lowest BCUT2D eigenvalue weighted by atomic mass is 10.6. The molecular weight excluding hydrogens is 249 g/mol. The Morgan fingerprint density at radius 2 is 2.30 bits per heavy atom. The van der Waals surface area contributed by atoms with Gasteiger partial charge in [0.25, 0.3) is 0 Å². The van der Waals surface area contributed by atoms with Gasteiger partial charge in [-0.15, -0.1) is 0 Å². The van der Waals surface area contributed by atoms with Gasteiger partial charge < -0.3 is 15.7 Å². The van der Waals surface area contributed by atoms with E-state index in [1.165, 1.54) is 4.90 Å². The SMILES string of the molecule is N=C(N)N(CI)CC(=O)O. The maximum absolute atomic E-state index is 10.1. The molecule has 0 rings (SSSR count). The van der Waals surface area contributed by atoms with Gasteiger partial charge in [-0.3, -0.25) is 10.2 Å². The minimum atomic E-state index is -0.980. The third kappa shape index (κ3) is 3.49. The number of rotatable bonds is 3. The number of guanidine groups is 1. The number of halogens is 1. The number of carboxylic acids is 1. The number of nitrogens with one attached hydrogen (secondary N) is 1. The van der Waals surface area contributed by atoms with E-state index >= 15 is 0 Å². The van der Waals surface area contributed by atoms with Crippen LogP contribution in [-0.2, 0) is 4.79 Å². The summed E-state index contributed by atoms with van der Waals surface area (Å²) in [6.07, 6.45) is 0. The topological polar surface area (TPSA) is 90.4 Å². The van der Waals surface area contributed by atoms with Gasteiger partial charge in [0.2, 0.25) is 0 Å². The van der Waals surface area contributed by atoms with Gasteiger partial charge >= 0.3 is 5.97 Å². The molecule has 0 amide bonds. The first kappa shape index (κ1) is 9.47. The molecule has 0 unspecified atom stereocenters. The molecule has 0 spiro atoms. The molecule has 58 valence electrons. The number of hydrogen-bond donors (Lipinski definition) is 3. The van der Waals surface area contributed by atoms with Crippen LogP contribution in [0.5, 0.6) is 0 Å². The van der Waals surface area contributed by atoms with Crippen molar-refractivity contribution in [3.63, 3.8) is 0 Å². The lowest BCUT2D eigenvalue weighted by molar-refractivity contribution is -0.137. The molecule has 0 bridgehead atoms. The Morgan fingerprint density at radius 3 is 2.40 bits per heavy atom. The van der Waals surface area contributed by atoms with Gasteiger partial charge in [0.15, 0.2) is 5.96 Å². The van der Waals surface area contributed by atoms with Crippen LogP contribution in [0.4, 0.5) is 0 Å².